The Morgan fingerprint density at radius 3 is 2.45 bits per heavy atom. The molecule has 0 saturated heterocycles. The van der Waals surface area contributed by atoms with Crippen LogP contribution in [0.4, 0.5) is 5.82 Å². The van der Waals surface area contributed by atoms with Gasteiger partial charge >= 0.3 is 0 Å². The normalized spacial score (nSPS) is 10.6. The summed E-state index contributed by atoms with van der Waals surface area (Å²) in [6.07, 6.45) is 0.780. The molecule has 1 N–H and O–H groups in total. The van der Waals surface area contributed by atoms with Gasteiger partial charge in [0, 0.05) is 25.1 Å². The first-order chi connectivity index (χ1) is 14.0. The van der Waals surface area contributed by atoms with E-state index in [1.54, 1.807) is 16.8 Å². The summed E-state index contributed by atoms with van der Waals surface area (Å²) in [6, 6.07) is 18.8. The van der Waals surface area contributed by atoms with Gasteiger partial charge in [-0.1, -0.05) is 61.0 Å². The van der Waals surface area contributed by atoms with Gasteiger partial charge in [0.2, 0.25) is 11.8 Å². The number of carbonyl (C=O) groups excluding carboxylic acids is 2. The molecular formula is C22H23ClN4O2. The Hall–Kier alpha value is -3.12. The van der Waals surface area contributed by atoms with Gasteiger partial charge in [-0.05, 0) is 18.6 Å². The average Bonchev–Trinajstić information content (AvgIpc) is 3.12. The molecular weight excluding hydrogens is 388 g/mol. The summed E-state index contributed by atoms with van der Waals surface area (Å²) >= 11 is 6.36. The molecule has 0 aliphatic carbocycles. The maximum atomic E-state index is 12.6. The zero-order chi connectivity index (χ0) is 20.8. The van der Waals surface area contributed by atoms with Gasteiger partial charge in [-0.15, -0.1) is 0 Å². The van der Waals surface area contributed by atoms with Gasteiger partial charge in [0.1, 0.15) is 5.82 Å². The van der Waals surface area contributed by atoms with E-state index in [0.717, 1.165) is 12.0 Å². The van der Waals surface area contributed by atoms with Crippen molar-refractivity contribution in [2.45, 2.75) is 20.3 Å². The van der Waals surface area contributed by atoms with Crippen molar-refractivity contribution in [1.82, 2.24) is 14.7 Å². The van der Waals surface area contributed by atoms with Crippen LogP contribution in [0.2, 0.25) is 5.02 Å². The predicted octanol–water partition coefficient (Wildman–Crippen LogP) is 4.39. The highest BCUT2D eigenvalue weighted by Crippen LogP contribution is 2.28. The van der Waals surface area contributed by atoms with Crippen LogP contribution in [0, 0.1) is 0 Å². The Labute approximate surface area is 175 Å². The van der Waals surface area contributed by atoms with Gasteiger partial charge in [-0.2, -0.15) is 5.10 Å². The molecule has 7 heteroatoms. The highest BCUT2D eigenvalue weighted by Gasteiger charge is 2.18. The second kappa shape index (κ2) is 9.39. The summed E-state index contributed by atoms with van der Waals surface area (Å²) in [5, 5.41) is 8.05. The van der Waals surface area contributed by atoms with Crippen molar-refractivity contribution < 1.29 is 9.59 Å². The third kappa shape index (κ3) is 5.03. The Balaban J connectivity index is 1.94. The summed E-state index contributed by atoms with van der Waals surface area (Å²) in [4.78, 5) is 25.9. The SMILES string of the molecule is CCCN(CC(=O)Nc1cc(-c2ccccc2)nn1-c1ccccc1Cl)C(C)=O. The number of hydrogen-bond donors (Lipinski definition) is 1. The minimum absolute atomic E-state index is 0.0163. The van der Waals surface area contributed by atoms with E-state index in [-0.39, 0.29) is 18.4 Å². The highest BCUT2D eigenvalue weighted by molar-refractivity contribution is 6.32. The van der Waals surface area contributed by atoms with E-state index in [9.17, 15) is 9.59 Å². The van der Waals surface area contributed by atoms with Crippen molar-refractivity contribution in [2.75, 3.05) is 18.4 Å². The summed E-state index contributed by atoms with van der Waals surface area (Å²) in [6.45, 7) is 3.94. The minimum atomic E-state index is -0.290. The zero-order valence-corrected chi connectivity index (χ0v) is 17.2. The monoisotopic (exact) mass is 410 g/mol. The molecule has 2 amide bonds. The number of amides is 2. The molecule has 0 saturated carbocycles. The molecule has 1 aromatic heterocycles. The number of aromatic nitrogens is 2. The van der Waals surface area contributed by atoms with Gasteiger partial charge < -0.3 is 10.2 Å². The lowest BCUT2D eigenvalue weighted by Crippen LogP contribution is -2.37. The number of nitrogens with one attached hydrogen (secondary N) is 1. The molecule has 29 heavy (non-hydrogen) atoms. The summed E-state index contributed by atoms with van der Waals surface area (Å²) in [5.74, 6) is 0.0648. The number of rotatable bonds is 7. The van der Waals surface area contributed by atoms with E-state index < -0.39 is 0 Å². The van der Waals surface area contributed by atoms with E-state index in [2.05, 4.69) is 10.4 Å². The van der Waals surface area contributed by atoms with Crippen LogP contribution in [0.25, 0.3) is 16.9 Å². The lowest BCUT2D eigenvalue weighted by molar-refractivity contribution is -0.132. The summed E-state index contributed by atoms with van der Waals surface area (Å²) in [5.41, 5.74) is 2.28. The van der Waals surface area contributed by atoms with Crippen LogP contribution in [0.15, 0.2) is 60.7 Å². The van der Waals surface area contributed by atoms with Crippen LogP contribution in [-0.2, 0) is 9.59 Å². The number of para-hydroxylation sites is 1. The molecule has 2 aromatic carbocycles. The number of benzene rings is 2. The summed E-state index contributed by atoms with van der Waals surface area (Å²) in [7, 11) is 0. The molecule has 0 unspecified atom stereocenters. The fraction of sp³-hybridized carbons (Fsp3) is 0.227. The first-order valence-electron chi connectivity index (χ1n) is 9.45. The van der Waals surface area contributed by atoms with Crippen LogP contribution < -0.4 is 5.32 Å². The van der Waals surface area contributed by atoms with E-state index in [1.165, 1.54) is 11.8 Å². The second-order valence-corrected chi connectivity index (χ2v) is 7.04. The molecule has 150 valence electrons. The van der Waals surface area contributed by atoms with E-state index in [1.807, 2.05) is 55.5 Å². The number of halogens is 1. The Kier molecular flexibility index (Phi) is 6.67. The maximum absolute atomic E-state index is 12.6. The molecule has 6 nitrogen and oxygen atoms in total. The lowest BCUT2D eigenvalue weighted by Gasteiger charge is -2.19. The van der Waals surface area contributed by atoms with Crippen molar-refractivity contribution in [3.8, 4) is 16.9 Å². The fourth-order valence-electron chi connectivity index (χ4n) is 3.00. The molecule has 0 radical (unpaired) electrons. The second-order valence-electron chi connectivity index (χ2n) is 6.63. The van der Waals surface area contributed by atoms with Gasteiger partial charge in [-0.3, -0.25) is 9.59 Å². The van der Waals surface area contributed by atoms with Gasteiger partial charge in [0.15, 0.2) is 0 Å². The molecule has 0 spiro atoms. The predicted molar refractivity (Wildman–Crippen MR) is 115 cm³/mol. The van der Waals surface area contributed by atoms with E-state index in [0.29, 0.717) is 28.8 Å². The molecule has 0 atom stereocenters. The van der Waals surface area contributed by atoms with Crippen molar-refractivity contribution in [3.63, 3.8) is 0 Å². The van der Waals surface area contributed by atoms with Gasteiger partial charge in [0.05, 0.1) is 22.9 Å². The zero-order valence-electron chi connectivity index (χ0n) is 16.4. The van der Waals surface area contributed by atoms with Gasteiger partial charge in [-0.25, -0.2) is 4.68 Å². The van der Waals surface area contributed by atoms with Gasteiger partial charge in [0.25, 0.3) is 0 Å². The van der Waals surface area contributed by atoms with Crippen LogP contribution in [0.3, 0.4) is 0 Å². The topological polar surface area (TPSA) is 67.2 Å². The molecule has 3 aromatic rings. The van der Waals surface area contributed by atoms with Crippen molar-refractivity contribution >= 4 is 29.2 Å². The van der Waals surface area contributed by atoms with Crippen molar-refractivity contribution in [3.05, 3.63) is 65.7 Å². The summed E-state index contributed by atoms with van der Waals surface area (Å²) < 4.78 is 1.61. The molecule has 0 aliphatic rings. The quantitative estimate of drug-likeness (QED) is 0.628. The van der Waals surface area contributed by atoms with Crippen LogP contribution in [0.1, 0.15) is 20.3 Å². The highest BCUT2D eigenvalue weighted by atomic mass is 35.5. The third-order valence-electron chi connectivity index (χ3n) is 4.40. The van der Waals surface area contributed by atoms with Crippen molar-refractivity contribution in [2.24, 2.45) is 0 Å². The number of hydrogen-bond acceptors (Lipinski definition) is 3. The fourth-order valence-corrected chi connectivity index (χ4v) is 3.22. The Morgan fingerprint density at radius 2 is 1.79 bits per heavy atom. The molecule has 0 bridgehead atoms. The minimum Gasteiger partial charge on any atom is -0.334 e. The largest absolute Gasteiger partial charge is 0.334 e. The van der Waals surface area contributed by atoms with Crippen LogP contribution in [-0.4, -0.2) is 39.6 Å². The number of nitrogens with zero attached hydrogens (tertiary/aromatic N) is 3. The average molecular weight is 411 g/mol. The van der Waals surface area contributed by atoms with E-state index >= 15 is 0 Å². The van der Waals surface area contributed by atoms with Crippen molar-refractivity contribution in [1.29, 1.82) is 0 Å². The maximum Gasteiger partial charge on any atom is 0.245 e. The first kappa shape index (κ1) is 20.6. The number of anilines is 1. The third-order valence-corrected chi connectivity index (χ3v) is 4.72. The Bertz CT molecular complexity index is 1000. The van der Waals surface area contributed by atoms with Crippen LogP contribution >= 0.6 is 11.6 Å². The molecule has 0 fully saturated rings. The van der Waals surface area contributed by atoms with E-state index in [4.69, 9.17) is 11.6 Å². The molecule has 0 aliphatic heterocycles. The lowest BCUT2D eigenvalue weighted by atomic mass is 10.1. The van der Waals surface area contributed by atoms with Crippen LogP contribution in [0.5, 0.6) is 0 Å². The number of carbonyl (C=O) groups is 2. The smallest absolute Gasteiger partial charge is 0.245 e. The standard InChI is InChI=1S/C22H23ClN4O2/c1-3-13-26(16(2)28)15-22(29)24-21-14-19(17-9-5-4-6-10-17)25-27(21)20-12-8-7-11-18(20)23/h4-12,14H,3,13,15H2,1-2H3,(H,24,29). The molecule has 3 rings (SSSR count). The first-order valence-corrected chi connectivity index (χ1v) is 9.83. The molecule has 1 heterocycles. The Morgan fingerprint density at radius 1 is 1.10 bits per heavy atom.